The number of aliphatic hydroxyl groups excluding tert-OH is 1. The van der Waals surface area contributed by atoms with Crippen LogP contribution in [-0.2, 0) is 0 Å². The fourth-order valence-electron chi connectivity index (χ4n) is 1.29. The van der Waals surface area contributed by atoms with Crippen LogP contribution in [0.3, 0.4) is 0 Å². The Labute approximate surface area is 104 Å². The second-order valence-electron chi connectivity index (χ2n) is 3.78. The molecule has 1 aromatic rings. The number of aromatic carboxylic acids is 1. The lowest BCUT2D eigenvalue weighted by molar-refractivity contribution is 0.0696. The molecule has 0 fully saturated rings. The third-order valence-electron chi connectivity index (χ3n) is 2.18. The maximum absolute atomic E-state index is 10.7. The molecule has 0 radical (unpaired) electrons. The van der Waals surface area contributed by atoms with E-state index in [4.69, 9.17) is 21.8 Å². The van der Waals surface area contributed by atoms with Crippen molar-refractivity contribution in [3.05, 3.63) is 22.8 Å². The van der Waals surface area contributed by atoms with Gasteiger partial charge in [-0.2, -0.15) is 0 Å². The smallest absolute Gasteiger partial charge is 0.337 e. The Bertz CT molecular complexity index is 396. The van der Waals surface area contributed by atoms with Crippen molar-refractivity contribution in [3.63, 3.8) is 0 Å². The van der Waals surface area contributed by atoms with Gasteiger partial charge in [-0.25, -0.2) is 9.78 Å². The monoisotopic (exact) mass is 258 g/mol. The molecule has 1 atom stereocenters. The minimum absolute atomic E-state index is 0.0598. The van der Waals surface area contributed by atoms with E-state index < -0.39 is 5.97 Å². The van der Waals surface area contributed by atoms with Crippen LogP contribution >= 0.6 is 11.6 Å². The van der Waals surface area contributed by atoms with Crippen LogP contribution in [0.5, 0.6) is 0 Å². The fraction of sp³-hybridized carbons (Fsp3) is 0.455. The van der Waals surface area contributed by atoms with E-state index in [0.717, 1.165) is 6.42 Å². The van der Waals surface area contributed by atoms with Crippen LogP contribution in [0.2, 0.25) is 5.02 Å². The normalized spacial score (nSPS) is 12.2. The lowest BCUT2D eigenvalue weighted by Crippen LogP contribution is -2.08. The Morgan fingerprint density at radius 1 is 1.65 bits per heavy atom. The summed E-state index contributed by atoms with van der Waals surface area (Å²) < 4.78 is 0. The zero-order chi connectivity index (χ0) is 12.8. The number of aromatic nitrogens is 1. The number of rotatable bonds is 6. The number of nitrogens with one attached hydrogen (secondary N) is 1. The van der Waals surface area contributed by atoms with Gasteiger partial charge in [0.25, 0.3) is 0 Å². The van der Waals surface area contributed by atoms with Crippen molar-refractivity contribution < 1.29 is 15.0 Å². The molecular weight excluding hydrogens is 244 g/mol. The number of nitrogens with zero attached hydrogens (tertiary/aromatic N) is 1. The quantitative estimate of drug-likeness (QED) is 0.680. The van der Waals surface area contributed by atoms with Gasteiger partial charge in [0.1, 0.15) is 5.82 Å². The van der Waals surface area contributed by atoms with Crippen LogP contribution < -0.4 is 5.32 Å². The molecule has 1 aromatic heterocycles. The molecule has 1 rings (SSSR count). The summed E-state index contributed by atoms with van der Waals surface area (Å²) in [4.78, 5) is 14.6. The molecule has 0 bridgehead atoms. The number of halogens is 1. The fourth-order valence-corrected chi connectivity index (χ4v) is 1.52. The minimum Gasteiger partial charge on any atom is -0.478 e. The molecule has 3 N–H and O–H groups in total. The molecule has 0 aliphatic rings. The number of aliphatic hydroxyl groups is 1. The summed E-state index contributed by atoms with van der Waals surface area (Å²) in [6, 6.07) is 1.36. The Morgan fingerprint density at radius 2 is 2.35 bits per heavy atom. The predicted octanol–water partition coefficient (Wildman–Crippen LogP) is 2.01. The first kappa shape index (κ1) is 13.7. The molecule has 0 saturated heterocycles. The molecular formula is C11H15ClN2O3. The van der Waals surface area contributed by atoms with Crippen molar-refractivity contribution in [2.75, 3.05) is 11.9 Å². The maximum atomic E-state index is 10.7. The van der Waals surface area contributed by atoms with E-state index in [0.29, 0.717) is 18.8 Å². The molecule has 0 aliphatic heterocycles. The van der Waals surface area contributed by atoms with E-state index in [1.165, 1.54) is 12.3 Å². The Morgan fingerprint density at radius 3 is 2.88 bits per heavy atom. The zero-order valence-electron chi connectivity index (χ0n) is 9.48. The van der Waals surface area contributed by atoms with E-state index in [-0.39, 0.29) is 16.7 Å². The number of carboxylic acids is 1. The first-order chi connectivity index (χ1) is 8.00. The van der Waals surface area contributed by atoms with Crippen LogP contribution in [0.4, 0.5) is 5.82 Å². The molecule has 0 amide bonds. The Balaban J connectivity index is 2.52. The van der Waals surface area contributed by atoms with Crippen molar-refractivity contribution in [2.24, 2.45) is 0 Å². The topological polar surface area (TPSA) is 82.5 Å². The first-order valence-electron chi connectivity index (χ1n) is 5.31. The minimum atomic E-state index is -1.06. The summed E-state index contributed by atoms with van der Waals surface area (Å²) in [5.41, 5.74) is 0.0598. The number of hydrogen-bond acceptors (Lipinski definition) is 4. The van der Waals surface area contributed by atoms with Crippen LogP contribution in [0.25, 0.3) is 0 Å². The molecule has 0 spiro atoms. The zero-order valence-corrected chi connectivity index (χ0v) is 10.2. The summed E-state index contributed by atoms with van der Waals surface area (Å²) >= 11 is 5.88. The Kier molecular flexibility index (Phi) is 5.18. The second-order valence-corrected chi connectivity index (χ2v) is 4.18. The van der Waals surface area contributed by atoms with E-state index in [1.807, 2.05) is 0 Å². The van der Waals surface area contributed by atoms with Crippen molar-refractivity contribution in [2.45, 2.75) is 25.9 Å². The van der Waals surface area contributed by atoms with E-state index >= 15 is 0 Å². The molecule has 17 heavy (non-hydrogen) atoms. The molecule has 0 aliphatic carbocycles. The average molecular weight is 259 g/mol. The van der Waals surface area contributed by atoms with Gasteiger partial charge in [0.2, 0.25) is 0 Å². The highest BCUT2D eigenvalue weighted by Crippen LogP contribution is 2.20. The molecule has 94 valence electrons. The van der Waals surface area contributed by atoms with Crippen LogP contribution in [-0.4, -0.2) is 33.8 Å². The molecule has 0 saturated carbocycles. The molecule has 1 heterocycles. The second kappa shape index (κ2) is 6.42. The highest BCUT2D eigenvalue weighted by Gasteiger charge is 2.07. The molecule has 6 heteroatoms. The standard InChI is InChI=1S/C11H15ClN2O3/c1-7(15)3-2-4-13-10-9(12)5-8(6-14-10)11(16)17/h5-7,15H,2-4H2,1H3,(H,13,14)(H,16,17). The van der Waals surface area contributed by atoms with Crippen LogP contribution in [0, 0.1) is 0 Å². The third kappa shape index (κ3) is 4.58. The number of carbonyl (C=O) groups is 1. The lowest BCUT2D eigenvalue weighted by Gasteiger charge is -2.08. The SMILES string of the molecule is CC(O)CCCNc1ncc(C(=O)O)cc1Cl. The lowest BCUT2D eigenvalue weighted by atomic mass is 10.2. The van der Waals surface area contributed by atoms with Crippen LogP contribution in [0.15, 0.2) is 12.3 Å². The first-order valence-corrected chi connectivity index (χ1v) is 5.69. The van der Waals surface area contributed by atoms with Gasteiger partial charge in [-0.15, -0.1) is 0 Å². The third-order valence-corrected chi connectivity index (χ3v) is 2.47. The summed E-state index contributed by atoms with van der Waals surface area (Å²) in [6.07, 6.45) is 2.41. The van der Waals surface area contributed by atoms with Gasteiger partial charge in [-0.05, 0) is 25.8 Å². The van der Waals surface area contributed by atoms with Crippen LogP contribution in [0.1, 0.15) is 30.1 Å². The highest BCUT2D eigenvalue weighted by atomic mass is 35.5. The van der Waals surface area contributed by atoms with Gasteiger partial charge >= 0.3 is 5.97 Å². The van der Waals surface area contributed by atoms with Gasteiger partial charge in [0, 0.05) is 12.7 Å². The van der Waals surface area contributed by atoms with Gasteiger partial charge in [0.05, 0.1) is 16.7 Å². The van der Waals surface area contributed by atoms with Crippen molar-refractivity contribution in [1.29, 1.82) is 0 Å². The van der Waals surface area contributed by atoms with Crippen molar-refractivity contribution >= 4 is 23.4 Å². The average Bonchev–Trinajstić information content (AvgIpc) is 2.25. The predicted molar refractivity (Wildman–Crippen MR) is 65.6 cm³/mol. The number of carboxylic acid groups (broad SMARTS) is 1. The summed E-state index contributed by atoms with van der Waals surface area (Å²) in [6.45, 7) is 2.36. The largest absolute Gasteiger partial charge is 0.478 e. The maximum Gasteiger partial charge on any atom is 0.337 e. The Hall–Kier alpha value is -1.33. The summed E-state index contributed by atoms with van der Waals surface area (Å²) in [5, 5.41) is 21.1. The van der Waals surface area contributed by atoms with E-state index in [9.17, 15) is 4.79 Å². The van der Waals surface area contributed by atoms with E-state index in [1.54, 1.807) is 6.92 Å². The number of anilines is 1. The van der Waals surface area contributed by atoms with Gasteiger partial charge in [0.15, 0.2) is 0 Å². The van der Waals surface area contributed by atoms with Gasteiger partial charge in [-0.3, -0.25) is 0 Å². The van der Waals surface area contributed by atoms with Crippen molar-refractivity contribution in [1.82, 2.24) is 4.98 Å². The number of pyridine rings is 1. The highest BCUT2D eigenvalue weighted by molar-refractivity contribution is 6.33. The number of hydrogen-bond donors (Lipinski definition) is 3. The van der Waals surface area contributed by atoms with Crippen molar-refractivity contribution in [3.8, 4) is 0 Å². The van der Waals surface area contributed by atoms with Gasteiger partial charge < -0.3 is 15.5 Å². The molecule has 5 nitrogen and oxygen atoms in total. The summed E-state index contributed by atoms with van der Waals surface area (Å²) in [5.74, 6) is -0.595. The van der Waals surface area contributed by atoms with E-state index in [2.05, 4.69) is 10.3 Å². The molecule has 0 aromatic carbocycles. The molecule has 1 unspecified atom stereocenters. The van der Waals surface area contributed by atoms with Gasteiger partial charge in [-0.1, -0.05) is 11.6 Å². The summed E-state index contributed by atoms with van der Waals surface area (Å²) in [7, 11) is 0.